The van der Waals surface area contributed by atoms with Crippen LogP contribution in [0.15, 0.2) is 54.7 Å². The lowest BCUT2D eigenvalue weighted by molar-refractivity contribution is 0.0693. The highest BCUT2D eigenvalue weighted by Crippen LogP contribution is 2.46. The number of H-pyrrole nitrogens is 1. The molecule has 4 heterocycles. The molecule has 3 aromatic rings. The van der Waals surface area contributed by atoms with E-state index in [-0.39, 0.29) is 11.9 Å². The highest BCUT2D eigenvalue weighted by molar-refractivity contribution is 5.92. The van der Waals surface area contributed by atoms with Crippen LogP contribution in [0.4, 0.5) is 0 Å². The van der Waals surface area contributed by atoms with Crippen molar-refractivity contribution in [1.29, 1.82) is 0 Å². The minimum atomic E-state index is 0.0349. The van der Waals surface area contributed by atoms with Gasteiger partial charge in [0, 0.05) is 44.0 Å². The first kappa shape index (κ1) is 19.0. The van der Waals surface area contributed by atoms with Gasteiger partial charge in [-0.15, -0.1) is 0 Å². The number of amides is 1. The van der Waals surface area contributed by atoms with Crippen molar-refractivity contribution in [3.63, 3.8) is 0 Å². The molecular weight excluding hydrogens is 374 g/mol. The van der Waals surface area contributed by atoms with Gasteiger partial charge in [-0.1, -0.05) is 30.3 Å². The molecule has 30 heavy (non-hydrogen) atoms. The van der Waals surface area contributed by atoms with Gasteiger partial charge >= 0.3 is 0 Å². The fraction of sp³-hybridized carbons (Fsp3) is 0.375. The lowest BCUT2D eigenvalue weighted by Gasteiger charge is -2.30. The van der Waals surface area contributed by atoms with Crippen molar-refractivity contribution in [3.05, 3.63) is 82.9 Å². The van der Waals surface area contributed by atoms with E-state index in [0.717, 1.165) is 37.6 Å². The van der Waals surface area contributed by atoms with Gasteiger partial charge in [-0.05, 0) is 49.1 Å². The van der Waals surface area contributed by atoms with E-state index in [1.807, 2.05) is 25.1 Å². The fourth-order valence-electron chi connectivity index (χ4n) is 5.21. The molecule has 1 aromatic carbocycles. The Morgan fingerprint density at radius 2 is 1.93 bits per heavy atom. The summed E-state index contributed by atoms with van der Waals surface area (Å²) in [5, 5.41) is 7.45. The van der Waals surface area contributed by atoms with Crippen LogP contribution in [0.1, 0.15) is 39.0 Å². The molecule has 154 valence electrons. The standard InChI is InChI=1S/C24H27N5O/c1-16-7-3-4-8-20(16)23-21-15-28(14-19-11-17(2)26-27-19)12-18(21)13-29(23)24(30)22-9-5-6-10-25-22/h3-11,18,21,23H,12-15H2,1-2H3,(H,26,27)/t18-,21-,23+/m0/s1. The third kappa shape index (κ3) is 3.41. The normalized spacial score (nSPS) is 23.7. The maximum absolute atomic E-state index is 13.4. The molecule has 0 unspecified atom stereocenters. The Morgan fingerprint density at radius 3 is 2.67 bits per heavy atom. The van der Waals surface area contributed by atoms with Gasteiger partial charge in [0.15, 0.2) is 0 Å². The molecule has 1 N–H and O–H groups in total. The smallest absolute Gasteiger partial charge is 0.272 e. The number of likely N-dealkylation sites (tertiary alicyclic amines) is 2. The monoisotopic (exact) mass is 401 g/mol. The topological polar surface area (TPSA) is 65.1 Å². The first-order valence-corrected chi connectivity index (χ1v) is 10.6. The highest BCUT2D eigenvalue weighted by Gasteiger charge is 2.49. The third-order valence-corrected chi connectivity index (χ3v) is 6.54. The van der Waals surface area contributed by atoms with Crippen molar-refractivity contribution >= 4 is 5.91 Å². The molecule has 2 aliphatic rings. The predicted octanol–water partition coefficient (Wildman–Crippen LogP) is 3.37. The lowest BCUT2D eigenvalue weighted by Crippen LogP contribution is -2.36. The van der Waals surface area contributed by atoms with E-state index >= 15 is 0 Å². The van der Waals surface area contributed by atoms with E-state index in [1.54, 1.807) is 6.20 Å². The molecule has 1 amide bonds. The second-order valence-electron chi connectivity index (χ2n) is 8.63. The number of rotatable bonds is 4. The van der Waals surface area contributed by atoms with Crippen LogP contribution < -0.4 is 0 Å². The second kappa shape index (κ2) is 7.69. The van der Waals surface area contributed by atoms with Crippen molar-refractivity contribution < 1.29 is 4.79 Å². The Hall–Kier alpha value is -2.99. The van der Waals surface area contributed by atoms with Gasteiger partial charge in [0.25, 0.3) is 5.91 Å². The number of benzene rings is 1. The average Bonchev–Trinajstić information content (AvgIpc) is 3.43. The van der Waals surface area contributed by atoms with Crippen LogP contribution >= 0.6 is 0 Å². The van der Waals surface area contributed by atoms with Crippen LogP contribution in [-0.2, 0) is 6.54 Å². The number of carbonyl (C=O) groups is 1. The van der Waals surface area contributed by atoms with Crippen LogP contribution in [0.2, 0.25) is 0 Å². The summed E-state index contributed by atoms with van der Waals surface area (Å²) in [7, 11) is 0. The van der Waals surface area contributed by atoms with Gasteiger partial charge in [-0.3, -0.25) is 19.8 Å². The van der Waals surface area contributed by atoms with Gasteiger partial charge < -0.3 is 4.90 Å². The van der Waals surface area contributed by atoms with E-state index in [4.69, 9.17) is 0 Å². The number of pyridine rings is 1. The van der Waals surface area contributed by atoms with Gasteiger partial charge in [0.1, 0.15) is 5.69 Å². The van der Waals surface area contributed by atoms with E-state index in [0.29, 0.717) is 17.5 Å². The third-order valence-electron chi connectivity index (χ3n) is 6.54. The highest BCUT2D eigenvalue weighted by atomic mass is 16.2. The summed E-state index contributed by atoms with van der Waals surface area (Å²) in [5.41, 5.74) is 5.20. The van der Waals surface area contributed by atoms with Crippen molar-refractivity contribution in [2.75, 3.05) is 19.6 Å². The zero-order chi connectivity index (χ0) is 20.7. The molecule has 0 aliphatic carbocycles. The molecule has 2 fully saturated rings. The fourth-order valence-corrected chi connectivity index (χ4v) is 5.21. The molecule has 0 spiro atoms. The Kier molecular flexibility index (Phi) is 4.87. The minimum Gasteiger partial charge on any atom is -0.330 e. The largest absolute Gasteiger partial charge is 0.330 e. The summed E-state index contributed by atoms with van der Waals surface area (Å²) in [5.74, 6) is 0.911. The molecule has 0 saturated carbocycles. The maximum Gasteiger partial charge on any atom is 0.272 e. The summed E-state index contributed by atoms with van der Waals surface area (Å²) >= 11 is 0. The molecule has 5 rings (SSSR count). The molecule has 2 saturated heterocycles. The summed E-state index contributed by atoms with van der Waals surface area (Å²) < 4.78 is 0. The number of hydrogen-bond donors (Lipinski definition) is 1. The van der Waals surface area contributed by atoms with Crippen LogP contribution in [0.5, 0.6) is 0 Å². The molecule has 0 bridgehead atoms. The number of nitrogens with zero attached hydrogens (tertiary/aromatic N) is 4. The number of nitrogens with one attached hydrogen (secondary N) is 1. The molecule has 2 aromatic heterocycles. The summed E-state index contributed by atoms with van der Waals surface area (Å²) in [6.07, 6.45) is 1.69. The molecular formula is C24H27N5O. The number of aromatic amines is 1. The Balaban J connectivity index is 1.43. The van der Waals surface area contributed by atoms with Gasteiger partial charge in [0.2, 0.25) is 0 Å². The molecule has 2 aliphatic heterocycles. The summed E-state index contributed by atoms with van der Waals surface area (Å²) in [6.45, 7) is 7.77. The van der Waals surface area contributed by atoms with Gasteiger partial charge in [0.05, 0.1) is 11.7 Å². The van der Waals surface area contributed by atoms with E-state index in [1.165, 1.54) is 11.1 Å². The Morgan fingerprint density at radius 1 is 1.10 bits per heavy atom. The number of carbonyl (C=O) groups excluding carboxylic acids is 1. The number of fused-ring (bicyclic) bond motifs is 1. The van der Waals surface area contributed by atoms with Crippen molar-refractivity contribution in [3.8, 4) is 0 Å². The zero-order valence-electron chi connectivity index (χ0n) is 17.5. The first-order valence-electron chi connectivity index (χ1n) is 10.6. The van der Waals surface area contributed by atoms with Gasteiger partial charge in [-0.25, -0.2) is 0 Å². The molecule has 6 nitrogen and oxygen atoms in total. The second-order valence-corrected chi connectivity index (χ2v) is 8.63. The Bertz CT molecular complexity index is 1050. The Labute approximate surface area is 176 Å². The molecule has 6 heteroatoms. The molecule has 3 atom stereocenters. The van der Waals surface area contributed by atoms with Crippen LogP contribution in [0.25, 0.3) is 0 Å². The van der Waals surface area contributed by atoms with Crippen LogP contribution in [0, 0.1) is 25.7 Å². The van der Waals surface area contributed by atoms with E-state index in [2.05, 4.69) is 62.2 Å². The quantitative estimate of drug-likeness (QED) is 0.728. The van der Waals surface area contributed by atoms with Crippen molar-refractivity contribution in [2.45, 2.75) is 26.4 Å². The van der Waals surface area contributed by atoms with E-state index < -0.39 is 0 Å². The number of aromatic nitrogens is 3. The summed E-state index contributed by atoms with van der Waals surface area (Å²) in [6, 6.07) is 16.2. The summed E-state index contributed by atoms with van der Waals surface area (Å²) in [4.78, 5) is 22.3. The van der Waals surface area contributed by atoms with Crippen LogP contribution in [0.3, 0.4) is 0 Å². The molecule has 0 radical (unpaired) electrons. The van der Waals surface area contributed by atoms with E-state index in [9.17, 15) is 4.79 Å². The zero-order valence-corrected chi connectivity index (χ0v) is 17.5. The minimum absolute atomic E-state index is 0.0349. The number of aryl methyl sites for hydroxylation is 2. The van der Waals surface area contributed by atoms with Crippen LogP contribution in [-0.4, -0.2) is 50.5 Å². The van der Waals surface area contributed by atoms with Crippen molar-refractivity contribution in [1.82, 2.24) is 25.0 Å². The van der Waals surface area contributed by atoms with Gasteiger partial charge in [-0.2, -0.15) is 5.10 Å². The SMILES string of the molecule is Cc1cc(CN2C[C@H]3CN(C(=O)c4ccccn4)[C@H](c4ccccc4C)[C@H]3C2)n[nH]1. The maximum atomic E-state index is 13.4. The average molecular weight is 402 g/mol. The first-order chi connectivity index (χ1) is 14.6. The number of hydrogen-bond acceptors (Lipinski definition) is 4. The van der Waals surface area contributed by atoms with Crippen molar-refractivity contribution in [2.24, 2.45) is 11.8 Å². The lowest BCUT2D eigenvalue weighted by atomic mass is 9.87. The predicted molar refractivity (Wildman–Crippen MR) is 115 cm³/mol.